The third kappa shape index (κ3) is 3.76. The maximum absolute atomic E-state index is 5.47. The molecule has 0 radical (unpaired) electrons. The molecule has 1 aliphatic rings. The van der Waals surface area contributed by atoms with E-state index < -0.39 is 0 Å². The number of hydrogen-bond acceptors (Lipinski definition) is 4. The van der Waals surface area contributed by atoms with Crippen molar-refractivity contribution >= 4 is 0 Å². The summed E-state index contributed by atoms with van der Waals surface area (Å²) in [6, 6.07) is 8.17. The molecule has 0 aliphatic carbocycles. The lowest BCUT2D eigenvalue weighted by Gasteiger charge is -2.33. The minimum Gasteiger partial charge on any atom is -0.497 e. The average Bonchev–Trinajstić information content (AvgIpc) is 3.40. The number of likely N-dealkylation sites (tertiary alicyclic amines) is 1. The number of aromatic amines is 1. The van der Waals surface area contributed by atoms with E-state index in [0.29, 0.717) is 5.92 Å². The van der Waals surface area contributed by atoms with Crippen LogP contribution >= 0.6 is 0 Å². The van der Waals surface area contributed by atoms with E-state index in [2.05, 4.69) is 39.3 Å². The summed E-state index contributed by atoms with van der Waals surface area (Å²) in [5, 5.41) is 11.9. The van der Waals surface area contributed by atoms with E-state index in [-0.39, 0.29) is 0 Å². The van der Waals surface area contributed by atoms with Crippen molar-refractivity contribution < 1.29 is 4.74 Å². The fourth-order valence-electron chi connectivity index (χ4n) is 4.08. The molecular weight excluding hydrogens is 338 g/mol. The molecule has 1 fully saturated rings. The number of ether oxygens (including phenoxy) is 1. The highest BCUT2D eigenvalue weighted by molar-refractivity contribution is 5.45. The van der Waals surface area contributed by atoms with Crippen LogP contribution in [0.1, 0.15) is 42.5 Å². The van der Waals surface area contributed by atoms with E-state index in [1.54, 1.807) is 7.11 Å². The second-order valence-electron chi connectivity index (χ2n) is 7.18. The van der Waals surface area contributed by atoms with Crippen molar-refractivity contribution in [3.8, 4) is 11.4 Å². The quantitative estimate of drug-likeness (QED) is 0.726. The number of aryl methyl sites for hydroxylation is 1. The van der Waals surface area contributed by atoms with Crippen LogP contribution in [-0.4, -0.2) is 45.1 Å². The summed E-state index contributed by atoms with van der Waals surface area (Å²) in [5.41, 5.74) is 5.01. The van der Waals surface area contributed by atoms with Gasteiger partial charge in [0.1, 0.15) is 5.75 Å². The molecule has 3 aromatic rings. The molecule has 1 N–H and O–H groups in total. The first-order valence-electron chi connectivity index (χ1n) is 9.70. The lowest BCUT2D eigenvalue weighted by atomic mass is 9.91. The Hall–Kier alpha value is -2.60. The fourth-order valence-corrected chi connectivity index (χ4v) is 4.08. The first-order valence-corrected chi connectivity index (χ1v) is 9.70. The summed E-state index contributed by atoms with van der Waals surface area (Å²) < 4.78 is 7.40. The van der Waals surface area contributed by atoms with Gasteiger partial charge in [-0.05, 0) is 61.2 Å². The minimum atomic E-state index is 0.523. The molecule has 4 rings (SSSR count). The molecule has 1 aliphatic heterocycles. The highest BCUT2D eigenvalue weighted by Crippen LogP contribution is 2.30. The predicted molar refractivity (Wildman–Crippen MR) is 105 cm³/mol. The first kappa shape index (κ1) is 17.8. The molecule has 27 heavy (non-hydrogen) atoms. The van der Waals surface area contributed by atoms with Gasteiger partial charge >= 0.3 is 0 Å². The molecule has 1 aromatic carbocycles. The van der Waals surface area contributed by atoms with Crippen molar-refractivity contribution in [2.24, 2.45) is 0 Å². The highest BCUT2D eigenvalue weighted by Gasteiger charge is 2.25. The molecular formula is C21H27N5O. The molecule has 6 nitrogen and oxygen atoms in total. The zero-order valence-corrected chi connectivity index (χ0v) is 16.1. The zero-order valence-electron chi connectivity index (χ0n) is 16.1. The Labute approximate surface area is 160 Å². The van der Waals surface area contributed by atoms with Crippen LogP contribution < -0.4 is 4.74 Å². The Kier molecular flexibility index (Phi) is 5.25. The van der Waals surface area contributed by atoms with Gasteiger partial charge in [-0.3, -0.25) is 10.00 Å². The molecule has 6 heteroatoms. The maximum Gasteiger partial charge on any atom is 0.119 e. The fraction of sp³-hybridized carbons (Fsp3) is 0.429. The second kappa shape index (κ2) is 7.96. The van der Waals surface area contributed by atoms with E-state index in [9.17, 15) is 0 Å². The van der Waals surface area contributed by atoms with E-state index in [1.165, 1.54) is 29.7 Å². The van der Waals surface area contributed by atoms with Crippen LogP contribution in [0.5, 0.6) is 5.75 Å². The Morgan fingerprint density at radius 2 is 2.22 bits per heavy atom. The van der Waals surface area contributed by atoms with Crippen molar-refractivity contribution in [2.45, 2.75) is 38.6 Å². The van der Waals surface area contributed by atoms with E-state index in [0.717, 1.165) is 37.5 Å². The summed E-state index contributed by atoms with van der Waals surface area (Å²) in [6.07, 6.45) is 9.23. The number of methoxy groups -OCH3 is 1. The molecule has 2 aromatic heterocycles. The van der Waals surface area contributed by atoms with Crippen molar-refractivity contribution in [3.63, 3.8) is 0 Å². The molecule has 0 saturated carbocycles. The van der Waals surface area contributed by atoms with Crippen LogP contribution in [0.3, 0.4) is 0 Å². The Morgan fingerprint density at radius 3 is 3.00 bits per heavy atom. The van der Waals surface area contributed by atoms with Crippen LogP contribution in [0.4, 0.5) is 0 Å². The van der Waals surface area contributed by atoms with Gasteiger partial charge in [-0.1, -0.05) is 6.92 Å². The summed E-state index contributed by atoms with van der Waals surface area (Å²) in [4.78, 5) is 2.54. The lowest BCUT2D eigenvalue weighted by molar-refractivity contribution is 0.197. The monoisotopic (exact) mass is 365 g/mol. The van der Waals surface area contributed by atoms with Gasteiger partial charge in [0.2, 0.25) is 0 Å². The van der Waals surface area contributed by atoms with Gasteiger partial charge in [0.15, 0.2) is 0 Å². The Bertz CT molecular complexity index is 871. The third-order valence-electron chi connectivity index (χ3n) is 5.48. The maximum atomic E-state index is 5.47. The van der Waals surface area contributed by atoms with E-state index >= 15 is 0 Å². The summed E-state index contributed by atoms with van der Waals surface area (Å²) >= 11 is 0. The lowest BCUT2D eigenvalue weighted by Crippen LogP contribution is -2.34. The van der Waals surface area contributed by atoms with E-state index in [1.807, 2.05) is 35.4 Å². The molecule has 1 saturated heterocycles. The van der Waals surface area contributed by atoms with E-state index in [4.69, 9.17) is 4.74 Å². The van der Waals surface area contributed by atoms with Crippen LogP contribution in [0, 0.1) is 0 Å². The van der Waals surface area contributed by atoms with Gasteiger partial charge in [0.05, 0.1) is 19.0 Å². The molecule has 3 heterocycles. The number of rotatable bonds is 6. The van der Waals surface area contributed by atoms with Gasteiger partial charge in [0, 0.05) is 37.1 Å². The van der Waals surface area contributed by atoms with Crippen molar-refractivity contribution in [3.05, 3.63) is 59.7 Å². The molecule has 0 spiro atoms. The largest absolute Gasteiger partial charge is 0.497 e. The number of nitrogens with zero attached hydrogens (tertiary/aromatic N) is 4. The molecule has 0 amide bonds. The SMILES string of the molecule is CCc1cn[nH]c1[C@@H]1CCCN(Cc2cc(OC)ccc2-n2cccn2)C1. The summed E-state index contributed by atoms with van der Waals surface area (Å²) in [7, 11) is 1.72. The number of hydrogen-bond donors (Lipinski definition) is 1. The number of H-pyrrole nitrogens is 1. The minimum absolute atomic E-state index is 0.523. The average molecular weight is 365 g/mol. The van der Waals surface area contributed by atoms with Gasteiger partial charge in [-0.15, -0.1) is 0 Å². The second-order valence-corrected chi connectivity index (χ2v) is 7.18. The van der Waals surface area contributed by atoms with Gasteiger partial charge in [-0.2, -0.15) is 10.2 Å². The predicted octanol–water partition coefficient (Wildman–Crippen LogP) is 3.55. The number of benzene rings is 1. The van der Waals surface area contributed by atoms with Crippen molar-refractivity contribution in [2.75, 3.05) is 20.2 Å². The number of nitrogens with one attached hydrogen (secondary N) is 1. The van der Waals surface area contributed by atoms with Gasteiger partial charge in [0.25, 0.3) is 0 Å². The Morgan fingerprint density at radius 1 is 1.30 bits per heavy atom. The number of aromatic nitrogens is 4. The zero-order chi connectivity index (χ0) is 18.6. The van der Waals surface area contributed by atoms with Gasteiger partial charge < -0.3 is 4.74 Å². The summed E-state index contributed by atoms with van der Waals surface area (Å²) in [5.74, 6) is 1.41. The van der Waals surface area contributed by atoms with Crippen LogP contribution in [0.15, 0.2) is 42.9 Å². The highest BCUT2D eigenvalue weighted by atomic mass is 16.5. The summed E-state index contributed by atoms with van der Waals surface area (Å²) in [6.45, 7) is 5.24. The Balaban J connectivity index is 1.56. The molecule has 0 bridgehead atoms. The first-order chi connectivity index (χ1) is 13.3. The third-order valence-corrected chi connectivity index (χ3v) is 5.48. The van der Waals surface area contributed by atoms with Crippen LogP contribution in [0.25, 0.3) is 5.69 Å². The smallest absolute Gasteiger partial charge is 0.119 e. The van der Waals surface area contributed by atoms with Crippen LogP contribution in [-0.2, 0) is 13.0 Å². The normalized spacial score (nSPS) is 17.9. The van der Waals surface area contributed by atoms with Crippen molar-refractivity contribution in [1.82, 2.24) is 24.9 Å². The van der Waals surface area contributed by atoms with Gasteiger partial charge in [-0.25, -0.2) is 4.68 Å². The van der Waals surface area contributed by atoms with Crippen LogP contribution in [0.2, 0.25) is 0 Å². The number of piperidine rings is 1. The molecule has 142 valence electrons. The standard InChI is InChI=1S/C21H27N5O/c1-3-16-13-22-24-21(16)17-6-4-10-25(14-17)15-18-12-19(27-2)7-8-20(18)26-11-5-9-23-26/h5,7-9,11-13,17H,3-4,6,10,14-15H2,1-2H3,(H,22,24)/t17-/m1/s1. The topological polar surface area (TPSA) is 59.0 Å². The molecule has 1 atom stereocenters. The molecule has 0 unspecified atom stereocenters. The van der Waals surface area contributed by atoms with Crippen molar-refractivity contribution in [1.29, 1.82) is 0 Å².